The molecule has 0 saturated heterocycles. The molecule has 0 aliphatic rings. The van der Waals surface area contributed by atoms with Gasteiger partial charge in [-0.2, -0.15) is 0 Å². The summed E-state index contributed by atoms with van der Waals surface area (Å²) in [4.78, 5) is 0. The summed E-state index contributed by atoms with van der Waals surface area (Å²) >= 11 is 0. The number of benzene rings is 2. The molecule has 0 unspecified atom stereocenters. The number of rotatable bonds is 4. The molecule has 3 aromatic rings. The number of para-hydroxylation sites is 1. The molecule has 2 aromatic carbocycles. The molecule has 3 rings (SSSR count). The molecule has 2 nitrogen and oxygen atoms in total. The highest BCUT2D eigenvalue weighted by Crippen LogP contribution is 2.31. The van der Waals surface area contributed by atoms with E-state index in [0.29, 0.717) is 11.3 Å². The van der Waals surface area contributed by atoms with Gasteiger partial charge in [-0.3, -0.25) is 0 Å². The molecule has 0 aliphatic carbocycles. The average molecular weight is 269 g/mol. The maximum absolute atomic E-state index is 13.7. The highest BCUT2D eigenvalue weighted by Gasteiger charge is 2.12. The van der Waals surface area contributed by atoms with Crippen molar-refractivity contribution in [1.29, 1.82) is 0 Å². The van der Waals surface area contributed by atoms with E-state index in [2.05, 4.69) is 18.3 Å². The lowest BCUT2D eigenvalue weighted by atomic mass is 10.0. The summed E-state index contributed by atoms with van der Waals surface area (Å²) in [6, 6.07) is 14.9. The highest BCUT2D eigenvalue weighted by molar-refractivity contribution is 5.83. The van der Waals surface area contributed by atoms with E-state index in [9.17, 15) is 4.39 Å². The van der Waals surface area contributed by atoms with E-state index in [0.717, 1.165) is 29.6 Å². The third-order valence-electron chi connectivity index (χ3n) is 3.34. The Kier molecular flexibility index (Phi) is 3.52. The SMILES string of the molecule is CCNCc1ccccc1-c1cc2cccc(F)c2o1. The van der Waals surface area contributed by atoms with Gasteiger partial charge in [-0.05, 0) is 24.2 Å². The van der Waals surface area contributed by atoms with Crippen LogP contribution in [0.4, 0.5) is 4.39 Å². The Morgan fingerprint density at radius 2 is 1.95 bits per heavy atom. The van der Waals surface area contributed by atoms with Crippen LogP contribution in [0.25, 0.3) is 22.3 Å². The molecule has 1 aromatic heterocycles. The molecular formula is C17H16FNO. The van der Waals surface area contributed by atoms with Crippen LogP contribution in [0, 0.1) is 5.82 Å². The van der Waals surface area contributed by atoms with Crippen LogP contribution in [0.3, 0.4) is 0 Å². The second-order valence-corrected chi connectivity index (χ2v) is 4.71. The quantitative estimate of drug-likeness (QED) is 0.761. The van der Waals surface area contributed by atoms with Crippen molar-refractivity contribution in [2.75, 3.05) is 6.54 Å². The fraction of sp³-hybridized carbons (Fsp3) is 0.176. The first-order valence-corrected chi connectivity index (χ1v) is 6.76. The molecule has 0 fully saturated rings. The summed E-state index contributed by atoms with van der Waals surface area (Å²) in [5.41, 5.74) is 2.47. The molecule has 0 bridgehead atoms. The summed E-state index contributed by atoms with van der Waals surface area (Å²) in [5.74, 6) is 0.386. The zero-order chi connectivity index (χ0) is 13.9. The summed E-state index contributed by atoms with van der Waals surface area (Å²) < 4.78 is 19.4. The third kappa shape index (κ3) is 2.32. The summed E-state index contributed by atoms with van der Waals surface area (Å²) in [6.45, 7) is 3.74. The van der Waals surface area contributed by atoms with Crippen molar-refractivity contribution in [2.45, 2.75) is 13.5 Å². The Morgan fingerprint density at radius 1 is 1.10 bits per heavy atom. The molecule has 1 heterocycles. The van der Waals surface area contributed by atoms with Gasteiger partial charge in [0.15, 0.2) is 11.4 Å². The molecule has 0 radical (unpaired) electrons. The van der Waals surface area contributed by atoms with Gasteiger partial charge in [0.05, 0.1) is 0 Å². The number of fused-ring (bicyclic) bond motifs is 1. The largest absolute Gasteiger partial charge is 0.453 e. The molecule has 0 saturated carbocycles. The lowest BCUT2D eigenvalue weighted by Gasteiger charge is -2.07. The number of hydrogen-bond donors (Lipinski definition) is 1. The maximum atomic E-state index is 13.7. The lowest BCUT2D eigenvalue weighted by Crippen LogP contribution is -2.12. The minimum absolute atomic E-state index is 0.320. The van der Waals surface area contributed by atoms with Crippen molar-refractivity contribution in [2.24, 2.45) is 0 Å². The molecular weight excluding hydrogens is 253 g/mol. The first-order valence-electron chi connectivity index (χ1n) is 6.76. The molecule has 0 spiro atoms. The number of hydrogen-bond acceptors (Lipinski definition) is 2. The van der Waals surface area contributed by atoms with Crippen LogP contribution in [0.1, 0.15) is 12.5 Å². The first kappa shape index (κ1) is 12.9. The standard InChI is InChI=1S/C17H16FNO/c1-2-19-11-13-6-3-4-8-14(13)16-10-12-7-5-9-15(18)17(12)20-16/h3-10,19H,2,11H2,1H3. The van der Waals surface area contributed by atoms with Crippen LogP contribution in [-0.4, -0.2) is 6.54 Å². The van der Waals surface area contributed by atoms with Gasteiger partial charge in [0, 0.05) is 17.5 Å². The smallest absolute Gasteiger partial charge is 0.170 e. The maximum Gasteiger partial charge on any atom is 0.170 e. The number of nitrogens with one attached hydrogen (secondary N) is 1. The van der Waals surface area contributed by atoms with Crippen molar-refractivity contribution in [3.63, 3.8) is 0 Å². The average Bonchev–Trinajstić information content (AvgIpc) is 2.91. The topological polar surface area (TPSA) is 25.2 Å². The molecule has 0 aliphatic heterocycles. The molecule has 3 heteroatoms. The molecule has 20 heavy (non-hydrogen) atoms. The van der Waals surface area contributed by atoms with Crippen molar-refractivity contribution in [1.82, 2.24) is 5.32 Å². The van der Waals surface area contributed by atoms with E-state index in [-0.39, 0.29) is 5.82 Å². The fourth-order valence-corrected chi connectivity index (χ4v) is 2.33. The van der Waals surface area contributed by atoms with Crippen molar-refractivity contribution >= 4 is 11.0 Å². The minimum Gasteiger partial charge on any atom is -0.453 e. The monoisotopic (exact) mass is 269 g/mol. The van der Waals surface area contributed by atoms with E-state index < -0.39 is 0 Å². The number of halogens is 1. The zero-order valence-electron chi connectivity index (χ0n) is 11.3. The predicted molar refractivity (Wildman–Crippen MR) is 79.0 cm³/mol. The molecule has 1 N–H and O–H groups in total. The Hall–Kier alpha value is -2.13. The Morgan fingerprint density at radius 3 is 2.75 bits per heavy atom. The van der Waals surface area contributed by atoms with Crippen LogP contribution in [0.5, 0.6) is 0 Å². The molecule has 102 valence electrons. The van der Waals surface area contributed by atoms with Crippen LogP contribution >= 0.6 is 0 Å². The van der Waals surface area contributed by atoms with Crippen LogP contribution < -0.4 is 5.32 Å². The van der Waals surface area contributed by atoms with Gasteiger partial charge >= 0.3 is 0 Å². The van der Waals surface area contributed by atoms with Gasteiger partial charge < -0.3 is 9.73 Å². The van der Waals surface area contributed by atoms with Crippen molar-refractivity contribution in [3.05, 3.63) is 59.9 Å². The zero-order valence-corrected chi connectivity index (χ0v) is 11.3. The van der Waals surface area contributed by atoms with Crippen molar-refractivity contribution in [3.8, 4) is 11.3 Å². The lowest BCUT2D eigenvalue weighted by molar-refractivity contribution is 0.568. The predicted octanol–water partition coefficient (Wildman–Crippen LogP) is 4.35. The van der Waals surface area contributed by atoms with Gasteiger partial charge in [0.2, 0.25) is 0 Å². The van der Waals surface area contributed by atoms with E-state index in [4.69, 9.17) is 4.42 Å². The van der Waals surface area contributed by atoms with E-state index in [1.54, 1.807) is 6.07 Å². The molecule has 0 atom stereocenters. The minimum atomic E-state index is -0.321. The van der Waals surface area contributed by atoms with Gasteiger partial charge in [0.25, 0.3) is 0 Å². The number of furan rings is 1. The summed E-state index contributed by atoms with van der Waals surface area (Å²) in [6.07, 6.45) is 0. The Balaban J connectivity index is 2.08. The molecule has 0 amide bonds. The van der Waals surface area contributed by atoms with Crippen molar-refractivity contribution < 1.29 is 8.81 Å². The van der Waals surface area contributed by atoms with Gasteiger partial charge in [0.1, 0.15) is 5.76 Å². The summed E-state index contributed by atoms with van der Waals surface area (Å²) in [7, 11) is 0. The fourth-order valence-electron chi connectivity index (χ4n) is 2.33. The normalized spacial score (nSPS) is 11.1. The Labute approximate surface area is 117 Å². The van der Waals surface area contributed by atoms with Gasteiger partial charge in [-0.1, -0.05) is 43.3 Å². The Bertz CT molecular complexity index is 733. The third-order valence-corrected chi connectivity index (χ3v) is 3.34. The van der Waals surface area contributed by atoms with Gasteiger partial charge in [-0.25, -0.2) is 4.39 Å². The van der Waals surface area contributed by atoms with E-state index in [1.807, 2.05) is 30.3 Å². The van der Waals surface area contributed by atoms with Crippen LogP contribution in [0.2, 0.25) is 0 Å². The van der Waals surface area contributed by atoms with E-state index >= 15 is 0 Å². The highest BCUT2D eigenvalue weighted by atomic mass is 19.1. The second kappa shape index (κ2) is 5.47. The first-order chi connectivity index (χ1) is 9.79. The summed E-state index contributed by atoms with van der Waals surface area (Å²) in [5, 5.41) is 4.09. The van der Waals surface area contributed by atoms with Crippen LogP contribution in [0.15, 0.2) is 52.9 Å². The van der Waals surface area contributed by atoms with E-state index in [1.165, 1.54) is 6.07 Å². The second-order valence-electron chi connectivity index (χ2n) is 4.71. The van der Waals surface area contributed by atoms with Gasteiger partial charge in [-0.15, -0.1) is 0 Å². The van der Waals surface area contributed by atoms with Crippen LogP contribution in [-0.2, 0) is 6.54 Å².